The first-order valence-electron chi connectivity index (χ1n) is 5.69. The van der Waals surface area contributed by atoms with Gasteiger partial charge in [0.1, 0.15) is 0 Å². The van der Waals surface area contributed by atoms with Crippen LogP contribution < -0.4 is 0 Å². The van der Waals surface area contributed by atoms with Crippen molar-refractivity contribution in [1.29, 1.82) is 0 Å². The lowest BCUT2D eigenvalue weighted by atomic mass is 10.1. The number of hydrogen-bond acceptors (Lipinski definition) is 1. The molecule has 0 saturated heterocycles. The zero-order chi connectivity index (χ0) is 11.0. The van der Waals surface area contributed by atoms with Crippen molar-refractivity contribution in [3.63, 3.8) is 0 Å². The van der Waals surface area contributed by atoms with E-state index in [2.05, 4.69) is 43.6 Å². The van der Waals surface area contributed by atoms with Crippen LogP contribution in [0.15, 0.2) is 0 Å². The second-order valence-corrected chi connectivity index (χ2v) is 5.73. The molecular formula is C12H25BrO. The van der Waals surface area contributed by atoms with E-state index in [0.717, 1.165) is 5.33 Å². The molecule has 1 unspecified atom stereocenters. The van der Waals surface area contributed by atoms with E-state index in [1.54, 1.807) is 0 Å². The van der Waals surface area contributed by atoms with Gasteiger partial charge in [-0.1, -0.05) is 35.2 Å². The summed E-state index contributed by atoms with van der Waals surface area (Å²) in [6.45, 7) is 8.53. The van der Waals surface area contributed by atoms with Gasteiger partial charge in [-0.25, -0.2) is 0 Å². The summed E-state index contributed by atoms with van der Waals surface area (Å²) in [5, 5.41) is 1.14. The van der Waals surface area contributed by atoms with Crippen molar-refractivity contribution in [3.05, 3.63) is 0 Å². The number of halogens is 1. The molecule has 0 radical (unpaired) electrons. The maximum absolute atomic E-state index is 5.83. The SMILES string of the molecule is CC(CCCCCCBr)OC(C)(C)C. The quantitative estimate of drug-likeness (QED) is 0.485. The Labute approximate surface area is 97.7 Å². The van der Waals surface area contributed by atoms with Crippen molar-refractivity contribution in [2.75, 3.05) is 5.33 Å². The van der Waals surface area contributed by atoms with Crippen LogP contribution in [0.3, 0.4) is 0 Å². The zero-order valence-corrected chi connectivity index (χ0v) is 11.7. The highest BCUT2D eigenvalue weighted by Gasteiger charge is 2.14. The van der Waals surface area contributed by atoms with E-state index >= 15 is 0 Å². The predicted octanol–water partition coefficient (Wildman–Crippen LogP) is 4.54. The van der Waals surface area contributed by atoms with Crippen molar-refractivity contribution >= 4 is 15.9 Å². The molecule has 0 aliphatic rings. The minimum absolute atomic E-state index is 0.00920. The zero-order valence-electron chi connectivity index (χ0n) is 10.1. The normalized spacial score (nSPS) is 14.4. The molecule has 0 rings (SSSR count). The van der Waals surface area contributed by atoms with Crippen LogP contribution in [0.25, 0.3) is 0 Å². The molecule has 1 atom stereocenters. The molecule has 0 N–H and O–H groups in total. The van der Waals surface area contributed by atoms with E-state index in [4.69, 9.17) is 4.74 Å². The molecule has 2 heteroatoms. The Morgan fingerprint density at radius 1 is 1.07 bits per heavy atom. The first kappa shape index (κ1) is 14.4. The summed E-state index contributed by atoms with van der Waals surface area (Å²) in [4.78, 5) is 0. The molecule has 1 nitrogen and oxygen atoms in total. The van der Waals surface area contributed by atoms with Crippen LogP contribution in [0.1, 0.15) is 59.8 Å². The van der Waals surface area contributed by atoms with Crippen molar-refractivity contribution in [1.82, 2.24) is 0 Å². The Balaban J connectivity index is 3.31. The van der Waals surface area contributed by atoms with Crippen LogP contribution in [-0.2, 0) is 4.74 Å². The minimum atomic E-state index is 0.00920. The highest BCUT2D eigenvalue weighted by Crippen LogP contribution is 2.15. The summed E-state index contributed by atoms with van der Waals surface area (Å²) in [6, 6.07) is 0. The molecule has 14 heavy (non-hydrogen) atoms. The molecule has 0 fully saturated rings. The third-order valence-corrected chi connectivity index (χ3v) is 2.61. The van der Waals surface area contributed by atoms with E-state index < -0.39 is 0 Å². The molecule has 0 bridgehead atoms. The molecule has 0 heterocycles. The summed E-state index contributed by atoms with van der Waals surface area (Å²) in [7, 11) is 0. The fourth-order valence-electron chi connectivity index (χ4n) is 1.54. The number of hydrogen-bond donors (Lipinski definition) is 0. The van der Waals surface area contributed by atoms with Crippen molar-refractivity contribution < 1.29 is 4.74 Å². The Kier molecular flexibility index (Phi) is 7.94. The van der Waals surface area contributed by atoms with Gasteiger partial charge in [0, 0.05) is 5.33 Å². The third kappa shape index (κ3) is 10.5. The lowest BCUT2D eigenvalue weighted by molar-refractivity contribution is -0.0549. The second kappa shape index (κ2) is 7.70. The summed E-state index contributed by atoms with van der Waals surface area (Å²) >= 11 is 3.45. The third-order valence-electron chi connectivity index (χ3n) is 2.05. The topological polar surface area (TPSA) is 9.23 Å². The van der Waals surface area contributed by atoms with Crippen LogP contribution in [0.2, 0.25) is 0 Å². The van der Waals surface area contributed by atoms with Gasteiger partial charge in [-0.05, 0) is 40.5 Å². The summed E-state index contributed by atoms with van der Waals surface area (Å²) < 4.78 is 5.83. The highest BCUT2D eigenvalue weighted by atomic mass is 79.9. The van der Waals surface area contributed by atoms with Crippen LogP contribution in [-0.4, -0.2) is 17.0 Å². The molecule has 0 aliphatic carbocycles. The Morgan fingerprint density at radius 2 is 1.64 bits per heavy atom. The van der Waals surface area contributed by atoms with Crippen molar-refractivity contribution in [3.8, 4) is 0 Å². The van der Waals surface area contributed by atoms with Gasteiger partial charge < -0.3 is 4.74 Å². The number of ether oxygens (including phenoxy) is 1. The molecule has 0 spiro atoms. The molecule has 0 aromatic rings. The molecule has 86 valence electrons. The average Bonchev–Trinajstić information content (AvgIpc) is 2.00. The lowest BCUT2D eigenvalue weighted by Gasteiger charge is -2.25. The van der Waals surface area contributed by atoms with Crippen LogP contribution in [0.4, 0.5) is 0 Å². The average molecular weight is 265 g/mol. The van der Waals surface area contributed by atoms with Crippen LogP contribution in [0.5, 0.6) is 0 Å². The van der Waals surface area contributed by atoms with Crippen LogP contribution >= 0.6 is 15.9 Å². The second-order valence-electron chi connectivity index (χ2n) is 4.93. The summed E-state index contributed by atoms with van der Waals surface area (Å²) in [5.41, 5.74) is 0.00920. The first-order chi connectivity index (χ1) is 6.45. The molecule has 0 aromatic heterocycles. The Bertz CT molecular complexity index is 129. The van der Waals surface area contributed by atoms with Gasteiger partial charge in [-0.2, -0.15) is 0 Å². The predicted molar refractivity (Wildman–Crippen MR) is 67.2 cm³/mol. The Morgan fingerprint density at radius 3 is 2.14 bits per heavy atom. The van der Waals surface area contributed by atoms with Crippen molar-refractivity contribution in [2.45, 2.75) is 71.5 Å². The molecule has 0 saturated carbocycles. The minimum Gasteiger partial charge on any atom is -0.373 e. The number of unbranched alkanes of at least 4 members (excludes halogenated alkanes) is 3. The maximum atomic E-state index is 5.83. The highest BCUT2D eigenvalue weighted by molar-refractivity contribution is 9.09. The largest absolute Gasteiger partial charge is 0.373 e. The maximum Gasteiger partial charge on any atom is 0.0602 e. The smallest absolute Gasteiger partial charge is 0.0602 e. The van der Waals surface area contributed by atoms with E-state index in [1.807, 2.05) is 0 Å². The molecule has 0 amide bonds. The van der Waals surface area contributed by atoms with Gasteiger partial charge >= 0.3 is 0 Å². The summed E-state index contributed by atoms with van der Waals surface area (Å²) in [6.07, 6.45) is 6.87. The fraction of sp³-hybridized carbons (Fsp3) is 1.00. The van der Waals surface area contributed by atoms with E-state index in [0.29, 0.717) is 6.10 Å². The van der Waals surface area contributed by atoms with Gasteiger partial charge in [0.2, 0.25) is 0 Å². The monoisotopic (exact) mass is 264 g/mol. The first-order valence-corrected chi connectivity index (χ1v) is 6.81. The van der Waals surface area contributed by atoms with Crippen LogP contribution in [0, 0.1) is 0 Å². The van der Waals surface area contributed by atoms with E-state index in [9.17, 15) is 0 Å². The van der Waals surface area contributed by atoms with Gasteiger partial charge in [0.25, 0.3) is 0 Å². The van der Waals surface area contributed by atoms with E-state index in [-0.39, 0.29) is 5.60 Å². The molecule has 0 aliphatic heterocycles. The molecular weight excluding hydrogens is 240 g/mol. The number of alkyl halides is 1. The standard InChI is InChI=1S/C12H25BrO/c1-11(14-12(2,3)4)9-7-5-6-8-10-13/h11H,5-10H2,1-4H3. The van der Waals surface area contributed by atoms with Crippen molar-refractivity contribution in [2.24, 2.45) is 0 Å². The van der Waals surface area contributed by atoms with E-state index in [1.165, 1.54) is 32.1 Å². The lowest BCUT2D eigenvalue weighted by Crippen LogP contribution is -2.25. The Hall–Kier alpha value is 0.440. The fourth-order valence-corrected chi connectivity index (χ4v) is 1.94. The van der Waals surface area contributed by atoms with Gasteiger partial charge in [0.05, 0.1) is 11.7 Å². The number of rotatable bonds is 7. The van der Waals surface area contributed by atoms with Gasteiger partial charge in [-0.15, -0.1) is 0 Å². The van der Waals surface area contributed by atoms with Gasteiger partial charge in [0.15, 0.2) is 0 Å². The molecule has 0 aromatic carbocycles. The van der Waals surface area contributed by atoms with Gasteiger partial charge in [-0.3, -0.25) is 0 Å². The summed E-state index contributed by atoms with van der Waals surface area (Å²) in [5.74, 6) is 0.